The van der Waals surface area contributed by atoms with E-state index in [-0.39, 0.29) is 18.1 Å². The van der Waals surface area contributed by atoms with Gasteiger partial charge in [0.2, 0.25) is 11.7 Å². The molecule has 1 fully saturated rings. The van der Waals surface area contributed by atoms with Crippen LogP contribution in [0.4, 0.5) is 14.5 Å². The van der Waals surface area contributed by atoms with Crippen LogP contribution in [0.2, 0.25) is 0 Å². The van der Waals surface area contributed by atoms with Gasteiger partial charge in [-0.25, -0.2) is 13.7 Å². The average Bonchev–Trinajstić information content (AvgIpc) is 3.43. The Balaban J connectivity index is 1.37. The summed E-state index contributed by atoms with van der Waals surface area (Å²) in [6.45, 7) is -0.0592. The first-order chi connectivity index (χ1) is 14.9. The van der Waals surface area contributed by atoms with Crippen LogP contribution in [0, 0.1) is 11.6 Å². The highest BCUT2D eigenvalue weighted by Crippen LogP contribution is 2.33. The van der Waals surface area contributed by atoms with E-state index in [0.29, 0.717) is 5.82 Å². The fraction of sp³-hybridized carbons (Fsp3) is 0.158. The number of anilines is 1. The molecule has 3 aromatic rings. The second-order valence-electron chi connectivity index (χ2n) is 6.82. The monoisotopic (exact) mass is 488 g/mol. The van der Waals surface area contributed by atoms with E-state index >= 15 is 0 Å². The van der Waals surface area contributed by atoms with Gasteiger partial charge in [0.25, 0.3) is 11.8 Å². The second kappa shape index (κ2) is 7.30. The lowest BCUT2D eigenvalue weighted by Crippen LogP contribution is -2.39. The minimum absolute atomic E-state index is 0.0592. The van der Waals surface area contributed by atoms with E-state index in [9.17, 15) is 18.4 Å². The van der Waals surface area contributed by atoms with Gasteiger partial charge in [-0.2, -0.15) is 10.1 Å². The van der Waals surface area contributed by atoms with E-state index in [4.69, 9.17) is 4.52 Å². The van der Waals surface area contributed by atoms with Crippen LogP contribution in [0.3, 0.4) is 0 Å². The third-order valence-electron chi connectivity index (χ3n) is 4.87. The van der Waals surface area contributed by atoms with Gasteiger partial charge in [0.1, 0.15) is 6.54 Å². The summed E-state index contributed by atoms with van der Waals surface area (Å²) in [5, 5.41) is 13.0. The van der Waals surface area contributed by atoms with Crippen molar-refractivity contribution in [3.8, 4) is 11.4 Å². The van der Waals surface area contributed by atoms with Crippen LogP contribution in [-0.2, 0) is 16.1 Å². The highest BCUT2D eigenvalue weighted by Gasteiger charge is 2.55. The average molecular weight is 489 g/mol. The molecule has 0 aliphatic carbocycles. The number of benzene rings is 2. The standard InChI is InChI=1S/C19H11BrF2N6O3/c20-10-3-1-2-9(6-10)17-23-14(31-25-17)8-27-16-15(24-26-27)18(29)28(19(16)30)11-4-5-12(21)13(22)7-11/h1-7,15-16H,8H2/t15-,16-/m1/s1. The minimum atomic E-state index is -1.17. The van der Waals surface area contributed by atoms with E-state index in [1.807, 2.05) is 24.3 Å². The quantitative estimate of drug-likeness (QED) is 0.522. The molecule has 0 radical (unpaired) electrons. The number of imide groups is 1. The van der Waals surface area contributed by atoms with Crippen LogP contribution in [-0.4, -0.2) is 39.0 Å². The molecule has 31 heavy (non-hydrogen) atoms. The Hall–Kier alpha value is -3.54. The number of hydrogen-bond donors (Lipinski definition) is 0. The summed E-state index contributed by atoms with van der Waals surface area (Å²) in [5.41, 5.74) is 0.648. The molecule has 5 rings (SSSR count). The fourth-order valence-electron chi connectivity index (χ4n) is 3.43. The Bertz CT molecular complexity index is 1250. The molecular weight excluding hydrogens is 478 g/mol. The summed E-state index contributed by atoms with van der Waals surface area (Å²) in [4.78, 5) is 30.7. The van der Waals surface area contributed by atoms with Crippen LogP contribution in [0.15, 0.2) is 61.8 Å². The van der Waals surface area contributed by atoms with Crippen LogP contribution < -0.4 is 4.90 Å². The van der Waals surface area contributed by atoms with E-state index in [1.165, 1.54) is 5.01 Å². The summed E-state index contributed by atoms with van der Waals surface area (Å²) < 4.78 is 32.9. The molecule has 9 nitrogen and oxygen atoms in total. The molecule has 2 atom stereocenters. The molecule has 0 saturated carbocycles. The van der Waals surface area contributed by atoms with Crippen LogP contribution in [0.25, 0.3) is 11.4 Å². The van der Waals surface area contributed by atoms with Crippen molar-refractivity contribution < 1.29 is 22.9 Å². The van der Waals surface area contributed by atoms with Crippen molar-refractivity contribution >= 4 is 33.4 Å². The van der Waals surface area contributed by atoms with Crippen LogP contribution in [0.5, 0.6) is 0 Å². The Kier molecular flexibility index (Phi) is 4.58. The van der Waals surface area contributed by atoms with E-state index in [1.54, 1.807) is 0 Å². The Morgan fingerprint density at radius 1 is 1.06 bits per heavy atom. The Labute approximate surface area is 181 Å². The minimum Gasteiger partial charge on any atom is -0.337 e. The molecule has 2 aliphatic heterocycles. The number of fused-ring (bicyclic) bond motifs is 1. The van der Waals surface area contributed by atoms with Gasteiger partial charge in [-0.05, 0) is 24.3 Å². The topological polar surface area (TPSA) is 104 Å². The molecule has 2 aromatic carbocycles. The van der Waals surface area contributed by atoms with Crippen LogP contribution in [0.1, 0.15) is 5.89 Å². The van der Waals surface area contributed by atoms with Gasteiger partial charge in [0, 0.05) is 16.1 Å². The maximum Gasteiger partial charge on any atom is 0.263 e. The van der Waals surface area contributed by atoms with Gasteiger partial charge < -0.3 is 4.52 Å². The van der Waals surface area contributed by atoms with Gasteiger partial charge >= 0.3 is 0 Å². The maximum absolute atomic E-state index is 13.6. The lowest BCUT2D eigenvalue weighted by molar-refractivity contribution is -0.123. The molecular formula is C19H11BrF2N6O3. The number of rotatable bonds is 4. The smallest absolute Gasteiger partial charge is 0.263 e. The number of hydrogen-bond acceptors (Lipinski definition) is 8. The van der Waals surface area contributed by atoms with Crippen molar-refractivity contribution in [2.45, 2.75) is 18.6 Å². The van der Waals surface area contributed by atoms with Crippen molar-refractivity contribution in [2.75, 3.05) is 4.90 Å². The number of nitrogens with zero attached hydrogens (tertiary/aromatic N) is 6. The Morgan fingerprint density at radius 3 is 2.68 bits per heavy atom. The van der Waals surface area contributed by atoms with Gasteiger partial charge in [-0.3, -0.25) is 14.6 Å². The highest BCUT2D eigenvalue weighted by atomic mass is 79.9. The number of carbonyl (C=O) groups excluding carboxylic acids is 2. The van der Waals surface area contributed by atoms with Crippen LogP contribution >= 0.6 is 15.9 Å². The lowest BCUT2D eigenvalue weighted by Gasteiger charge is -2.19. The normalized spacial score (nSPS) is 20.1. The SMILES string of the molecule is O=C1[C@@H]2N=NN(Cc3nc(-c4cccc(Br)c4)no3)[C@H]2C(=O)N1c1ccc(F)c(F)c1. The van der Waals surface area contributed by atoms with E-state index < -0.39 is 35.5 Å². The number of aromatic nitrogens is 2. The summed E-state index contributed by atoms with van der Waals surface area (Å²) in [6, 6.07) is 7.97. The molecule has 0 unspecified atom stereocenters. The molecule has 2 amide bonds. The number of halogens is 3. The van der Waals surface area contributed by atoms with Crippen molar-refractivity contribution in [3.05, 3.63) is 64.5 Å². The molecule has 0 bridgehead atoms. The summed E-state index contributed by atoms with van der Waals surface area (Å²) in [6.07, 6.45) is 0. The van der Waals surface area contributed by atoms with Gasteiger partial charge in [-0.15, -0.1) is 0 Å². The summed E-state index contributed by atoms with van der Waals surface area (Å²) in [5.74, 6) is -3.06. The highest BCUT2D eigenvalue weighted by molar-refractivity contribution is 9.10. The van der Waals surface area contributed by atoms with Crippen molar-refractivity contribution in [1.82, 2.24) is 15.1 Å². The predicted octanol–water partition coefficient (Wildman–Crippen LogP) is 3.27. The molecule has 0 N–H and O–H groups in total. The van der Waals surface area contributed by atoms with Crippen molar-refractivity contribution in [1.29, 1.82) is 0 Å². The zero-order valence-corrected chi connectivity index (χ0v) is 17.0. The van der Waals surface area contributed by atoms with Crippen molar-refractivity contribution in [3.63, 3.8) is 0 Å². The first-order valence-electron chi connectivity index (χ1n) is 9.01. The fourth-order valence-corrected chi connectivity index (χ4v) is 3.83. The van der Waals surface area contributed by atoms with Gasteiger partial charge in [-0.1, -0.05) is 38.4 Å². The lowest BCUT2D eigenvalue weighted by atomic mass is 10.1. The van der Waals surface area contributed by atoms with Gasteiger partial charge in [0.05, 0.1) is 5.69 Å². The summed E-state index contributed by atoms with van der Waals surface area (Å²) in [7, 11) is 0. The van der Waals surface area contributed by atoms with Crippen molar-refractivity contribution in [2.24, 2.45) is 10.3 Å². The zero-order valence-electron chi connectivity index (χ0n) is 15.4. The zero-order chi connectivity index (χ0) is 21.7. The third kappa shape index (κ3) is 3.28. The molecule has 12 heteroatoms. The predicted molar refractivity (Wildman–Crippen MR) is 104 cm³/mol. The number of carbonyl (C=O) groups is 2. The molecule has 0 spiro atoms. The third-order valence-corrected chi connectivity index (χ3v) is 5.36. The van der Waals surface area contributed by atoms with E-state index in [2.05, 4.69) is 36.4 Å². The second-order valence-corrected chi connectivity index (χ2v) is 7.74. The largest absolute Gasteiger partial charge is 0.337 e. The molecule has 2 aliphatic rings. The molecule has 156 valence electrons. The maximum atomic E-state index is 13.6. The molecule has 3 heterocycles. The first kappa shape index (κ1) is 19.4. The Morgan fingerprint density at radius 2 is 1.90 bits per heavy atom. The van der Waals surface area contributed by atoms with E-state index in [0.717, 1.165) is 33.1 Å². The molecule has 1 aromatic heterocycles. The first-order valence-corrected chi connectivity index (χ1v) is 9.80. The molecule has 1 saturated heterocycles. The number of amides is 2. The summed E-state index contributed by atoms with van der Waals surface area (Å²) >= 11 is 3.37. The van der Waals surface area contributed by atoms with Gasteiger partial charge in [0.15, 0.2) is 23.7 Å².